The quantitative estimate of drug-likeness (QED) is 0.660. The molecule has 0 N–H and O–H groups in total. The Balaban J connectivity index is 1.98. The Bertz CT molecular complexity index is 416. The summed E-state index contributed by atoms with van der Waals surface area (Å²) in [5.74, 6) is 2.59. The molecule has 3 rings (SSSR count). The molecule has 0 spiro atoms. The van der Waals surface area contributed by atoms with Crippen molar-refractivity contribution in [2.24, 2.45) is 10.8 Å². The van der Waals surface area contributed by atoms with Crippen molar-refractivity contribution in [3.63, 3.8) is 0 Å². The van der Waals surface area contributed by atoms with E-state index < -0.39 is 16.6 Å². The summed E-state index contributed by atoms with van der Waals surface area (Å²) in [5, 5.41) is 0. The highest BCUT2D eigenvalue weighted by Crippen LogP contribution is 2.79. The predicted octanol–water partition coefficient (Wildman–Crippen LogP) is 5.26. The van der Waals surface area contributed by atoms with Crippen molar-refractivity contribution in [1.29, 1.82) is 0 Å². The van der Waals surface area contributed by atoms with Crippen LogP contribution >= 0.6 is 0 Å². The average molecular weight is 311 g/mol. The molecule has 2 fully saturated rings. The van der Waals surface area contributed by atoms with Gasteiger partial charge in [-0.3, -0.25) is 0 Å². The molecule has 2 nitrogen and oxygen atoms in total. The molecule has 2 saturated carbocycles. The first-order chi connectivity index (χ1) is 9.10. The minimum absolute atomic E-state index is 0.389. The molecule has 4 heteroatoms. The van der Waals surface area contributed by atoms with Gasteiger partial charge in [-0.2, -0.15) is 0 Å². The fraction of sp³-hybridized carbons (Fsp3) is 0.875. The van der Waals surface area contributed by atoms with Crippen molar-refractivity contribution in [1.82, 2.24) is 0 Å². The molecule has 0 saturated heterocycles. The van der Waals surface area contributed by atoms with Crippen LogP contribution in [0.4, 0.5) is 0 Å². The third kappa shape index (κ3) is 1.94. The van der Waals surface area contributed by atoms with Crippen molar-refractivity contribution in [2.75, 3.05) is 0 Å². The summed E-state index contributed by atoms with van der Waals surface area (Å²) in [6.45, 7) is 13.8. The zero-order valence-electron chi connectivity index (χ0n) is 14.1. The molecule has 0 aromatic heterocycles. The molecule has 0 bridgehead atoms. The van der Waals surface area contributed by atoms with Crippen molar-refractivity contribution < 1.29 is 8.85 Å². The fourth-order valence-electron chi connectivity index (χ4n) is 4.47. The van der Waals surface area contributed by atoms with Crippen LogP contribution in [0.25, 0.3) is 0 Å². The van der Waals surface area contributed by atoms with Crippen molar-refractivity contribution >= 4 is 16.6 Å². The minimum Gasteiger partial charge on any atom is -0.545 e. The number of rotatable bonds is 4. The second-order valence-electron chi connectivity index (χ2n) is 8.96. The summed E-state index contributed by atoms with van der Waals surface area (Å²) < 4.78 is 13.1. The van der Waals surface area contributed by atoms with Gasteiger partial charge in [-0.15, -0.1) is 0 Å². The lowest BCUT2D eigenvalue weighted by molar-refractivity contribution is -0.155. The third-order valence-electron chi connectivity index (χ3n) is 5.24. The van der Waals surface area contributed by atoms with Crippen LogP contribution in [0, 0.1) is 10.8 Å². The number of hydrogen-bond donors (Lipinski definition) is 0. The van der Waals surface area contributed by atoms with Crippen molar-refractivity contribution in [2.45, 2.75) is 77.8 Å². The van der Waals surface area contributed by atoms with Crippen LogP contribution in [0.3, 0.4) is 0 Å². The van der Waals surface area contributed by atoms with Crippen LogP contribution in [-0.4, -0.2) is 16.6 Å². The van der Waals surface area contributed by atoms with Gasteiger partial charge in [0.2, 0.25) is 16.6 Å². The summed E-state index contributed by atoms with van der Waals surface area (Å²) in [5.41, 5.74) is 0.779. The van der Waals surface area contributed by atoms with Gasteiger partial charge in [0.1, 0.15) is 11.5 Å². The minimum atomic E-state index is -1.55. The maximum absolute atomic E-state index is 6.54. The zero-order valence-corrected chi connectivity index (χ0v) is 16.1. The highest BCUT2D eigenvalue weighted by atomic mass is 28.4. The van der Waals surface area contributed by atoms with E-state index in [1.54, 1.807) is 0 Å². The van der Waals surface area contributed by atoms with Crippen LogP contribution in [-0.2, 0) is 8.85 Å². The van der Waals surface area contributed by atoms with Crippen LogP contribution in [0.5, 0.6) is 0 Å². The Morgan fingerprint density at radius 3 is 1.25 bits per heavy atom. The van der Waals surface area contributed by atoms with E-state index >= 15 is 0 Å². The van der Waals surface area contributed by atoms with Gasteiger partial charge in [-0.1, -0.05) is 12.8 Å². The van der Waals surface area contributed by atoms with E-state index in [2.05, 4.69) is 39.3 Å². The third-order valence-corrected chi connectivity index (χ3v) is 6.88. The first-order valence-electron chi connectivity index (χ1n) is 8.23. The summed E-state index contributed by atoms with van der Waals surface area (Å²) in [4.78, 5) is 0. The molecule has 3 aliphatic rings. The van der Waals surface area contributed by atoms with Gasteiger partial charge >= 0.3 is 0 Å². The first-order valence-corrected chi connectivity index (χ1v) is 15.0. The van der Waals surface area contributed by atoms with Gasteiger partial charge in [0.15, 0.2) is 0 Å². The normalized spacial score (nSPS) is 36.5. The van der Waals surface area contributed by atoms with Gasteiger partial charge in [0, 0.05) is 10.8 Å². The van der Waals surface area contributed by atoms with Gasteiger partial charge in [0.25, 0.3) is 0 Å². The topological polar surface area (TPSA) is 18.5 Å². The Morgan fingerprint density at radius 1 is 0.650 bits per heavy atom. The molecule has 20 heavy (non-hydrogen) atoms. The Kier molecular flexibility index (Phi) is 3.06. The monoisotopic (exact) mass is 310 g/mol. The van der Waals surface area contributed by atoms with E-state index in [-0.39, 0.29) is 0 Å². The highest BCUT2D eigenvalue weighted by molar-refractivity contribution is 6.70. The van der Waals surface area contributed by atoms with Gasteiger partial charge < -0.3 is 8.85 Å². The molecule has 2 unspecified atom stereocenters. The fourth-order valence-corrected chi connectivity index (χ4v) is 6.27. The maximum atomic E-state index is 6.54. The molecule has 0 aliphatic heterocycles. The molecule has 0 radical (unpaired) electrons. The molecule has 0 aromatic carbocycles. The second-order valence-corrected chi connectivity index (χ2v) is 17.8. The second kappa shape index (κ2) is 4.16. The number of allylic oxidation sites excluding steroid dienone is 2. The smallest absolute Gasteiger partial charge is 0.241 e. The standard InChI is InChI=1S/C16H30O2Si2/c1-19(2,3)17-13-14(18-20(4,5)6)16-10-8-7-9-15(13,16)11-12-16/h7-12H2,1-6H3. The maximum Gasteiger partial charge on any atom is 0.241 e. The van der Waals surface area contributed by atoms with Crippen LogP contribution in [0.15, 0.2) is 11.5 Å². The average Bonchev–Trinajstić information content (AvgIpc) is 2.23. The van der Waals surface area contributed by atoms with Crippen molar-refractivity contribution in [3.05, 3.63) is 11.5 Å². The molecular formula is C16H30O2Si2. The molecule has 3 aliphatic carbocycles. The Labute approximate surface area is 126 Å². The van der Waals surface area contributed by atoms with Crippen molar-refractivity contribution in [3.8, 4) is 0 Å². The Morgan fingerprint density at radius 2 is 1.00 bits per heavy atom. The number of hydrogen-bond acceptors (Lipinski definition) is 2. The molecule has 2 atom stereocenters. The van der Waals surface area contributed by atoms with E-state index in [1.807, 2.05) is 0 Å². The van der Waals surface area contributed by atoms with Gasteiger partial charge in [0.05, 0.1) is 0 Å². The van der Waals surface area contributed by atoms with E-state index in [4.69, 9.17) is 8.85 Å². The lowest BCUT2D eigenvalue weighted by atomic mass is 9.36. The summed E-state index contributed by atoms with van der Waals surface area (Å²) in [7, 11) is -3.10. The van der Waals surface area contributed by atoms with Gasteiger partial charge in [-0.25, -0.2) is 0 Å². The highest BCUT2D eigenvalue weighted by Gasteiger charge is 2.74. The SMILES string of the molecule is C[Si](C)(C)OC1=C(O[Si](C)(C)C)C23CCCCC12CC3. The summed E-state index contributed by atoms with van der Waals surface area (Å²) in [6, 6.07) is 0. The van der Waals surface area contributed by atoms with Gasteiger partial charge in [-0.05, 0) is 65.0 Å². The molecule has 0 amide bonds. The van der Waals surface area contributed by atoms with E-state index in [1.165, 1.54) is 50.0 Å². The van der Waals surface area contributed by atoms with E-state index in [9.17, 15) is 0 Å². The lowest BCUT2D eigenvalue weighted by Gasteiger charge is -2.70. The zero-order chi connectivity index (χ0) is 14.8. The first kappa shape index (κ1) is 14.7. The van der Waals surface area contributed by atoms with E-state index in [0.29, 0.717) is 10.8 Å². The Hall–Kier alpha value is -0.226. The summed E-state index contributed by atoms with van der Waals surface area (Å²) >= 11 is 0. The predicted molar refractivity (Wildman–Crippen MR) is 88.5 cm³/mol. The molecule has 114 valence electrons. The molecular weight excluding hydrogens is 280 g/mol. The van der Waals surface area contributed by atoms with Crippen LogP contribution < -0.4 is 0 Å². The molecule has 0 aromatic rings. The van der Waals surface area contributed by atoms with Crippen LogP contribution in [0.2, 0.25) is 39.3 Å². The van der Waals surface area contributed by atoms with Crippen LogP contribution in [0.1, 0.15) is 38.5 Å². The van der Waals surface area contributed by atoms with E-state index in [0.717, 1.165) is 0 Å². The lowest BCUT2D eigenvalue weighted by Crippen LogP contribution is -2.65. The summed E-state index contributed by atoms with van der Waals surface area (Å²) in [6.07, 6.45) is 8.11. The molecule has 0 heterocycles. The largest absolute Gasteiger partial charge is 0.545 e.